The Morgan fingerprint density at radius 2 is 1.73 bits per heavy atom. The second-order valence-corrected chi connectivity index (χ2v) is 6.21. The average molecular weight is 357 g/mol. The lowest BCUT2D eigenvalue weighted by atomic mass is 10.0. The molecule has 1 aromatic heterocycles. The van der Waals surface area contributed by atoms with E-state index in [1.165, 1.54) is 6.92 Å². The Balaban J connectivity index is 1.94. The van der Waals surface area contributed by atoms with E-state index in [0.717, 1.165) is 5.56 Å². The van der Waals surface area contributed by atoms with E-state index in [-0.39, 0.29) is 5.78 Å². The van der Waals surface area contributed by atoms with Gasteiger partial charge in [0.25, 0.3) is 5.91 Å². The maximum atomic E-state index is 12.2. The number of esters is 1. The molecule has 0 radical (unpaired) electrons. The molecule has 26 heavy (non-hydrogen) atoms. The lowest BCUT2D eigenvalue weighted by molar-refractivity contribution is -0.128. The Morgan fingerprint density at radius 1 is 1.08 bits per heavy atom. The average Bonchev–Trinajstić information content (AvgIpc) is 2.85. The summed E-state index contributed by atoms with van der Waals surface area (Å²) in [4.78, 5) is 36.1. The number of Topliss-reactive ketones (excluding diaryl/α,β-unsaturated/α-hetero) is 1. The van der Waals surface area contributed by atoms with Crippen LogP contribution in [-0.2, 0) is 20.7 Å². The van der Waals surface area contributed by atoms with Crippen LogP contribution in [0.15, 0.2) is 34.7 Å². The first-order valence-corrected chi connectivity index (χ1v) is 8.37. The first kappa shape index (κ1) is 19.4. The van der Waals surface area contributed by atoms with Crippen molar-refractivity contribution in [2.24, 2.45) is 0 Å². The molecule has 1 heterocycles. The summed E-state index contributed by atoms with van der Waals surface area (Å²) in [5.41, 5.74) is 1.96. The van der Waals surface area contributed by atoms with Gasteiger partial charge >= 0.3 is 5.97 Å². The topological polar surface area (TPSA) is 85.6 Å². The van der Waals surface area contributed by atoms with E-state index in [2.05, 4.69) is 5.32 Å². The van der Waals surface area contributed by atoms with Gasteiger partial charge in [-0.3, -0.25) is 9.59 Å². The van der Waals surface area contributed by atoms with Crippen LogP contribution in [0.4, 0.5) is 0 Å². The molecule has 0 bridgehead atoms. The molecular weight excluding hydrogens is 334 g/mol. The predicted octanol–water partition coefficient (Wildman–Crippen LogP) is 2.68. The molecule has 1 atom stereocenters. The number of benzene rings is 1. The zero-order chi connectivity index (χ0) is 19.3. The van der Waals surface area contributed by atoms with Crippen molar-refractivity contribution >= 4 is 17.7 Å². The maximum Gasteiger partial charge on any atom is 0.342 e. The van der Waals surface area contributed by atoms with Crippen LogP contribution < -0.4 is 5.32 Å². The van der Waals surface area contributed by atoms with Gasteiger partial charge in [-0.15, -0.1) is 0 Å². The van der Waals surface area contributed by atoms with Gasteiger partial charge < -0.3 is 14.5 Å². The fraction of sp³-hybridized carbons (Fsp3) is 0.350. The van der Waals surface area contributed by atoms with Gasteiger partial charge in [0.05, 0.1) is 6.04 Å². The van der Waals surface area contributed by atoms with Crippen molar-refractivity contribution < 1.29 is 23.5 Å². The minimum absolute atomic E-state index is 0.161. The summed E-state index contributed by atoms with van der Waals surface area (Å²) >= 11 is 0. The molecule has 0 aliphatic carbocycles. The Hall–Kier alpha value is -2.89. The molecule has 0 saturated heterocycles. The van der Waals surface area contributed by atoms with E-state index in [4.69, 9.17) is 9.15 Å². The van der Waals surface area contributed by atoms with Crippen molar-refractivity contribution in [3.63, 3.8) is 0 Å². The van der Waals surface area contributed by atoms with E-state index < -0.39 is 24.5 Å². The Bertz CT molecular complexity index is 807. The van der Waals surface area contributed by atoms with Crippen LogP contribution in [0.2, 0.25) is 0 Å². The van der Waals surface area contributed by atoms with Crippen LogP contribution in [-0.4, -0.2) is 30.3 Å². The second-order valence-electron chi connectivity index (χ2n) is 6.21. The van der Waals surface area contributed by atoms with Gasteiger partial charge in [-0.2, -0.15) is 0 Å². The summed E-state index contributed by atoms with van der Waals surface area (Å²) in [6.07, 6.45) is 0.384. The van der Waals surface area contributed by atoms with Gasteiger partial charge in [0.2, 0.25) is 0 Å². The minimum atomic E-state index is -0.664. The number of rotatable bonds is 7. The number of nitrogens with one attached hydrogen (secondary N) is 1. The lowest BCUT2D eigenvalue weighted by Crippen LogP contribution is -2.43. The molecule has 2 rings (SSSR count). The van der Waals surface area contributed by atoms with Crippen molar-refractivity contribution in [2.75, 3.05) is 6.61 Å². The quantitative estimate of drug-likeness (QED) is 0.770. The molecular formula is C20H23NO5. The molecule has 1 aromatic carbocycles. The van der Waals surface area contributed by atoms with Crippen LogP contribution in [0.25, 0.3) is 0 Å². The highest BCUT2D eigenvalue weighted by atomic mass is 16.5. The molecule has 0 aliphatic rings. The summed E-state index contributed by atoms with van der Waals surface area (Å²) in [5, 5.41) is 2.62. The van der Waals surface area contributed by atoms with E-state index >= 15 is 0 Å². The highest BCUT2D eigenvalue weighted by Gasteiger charge is 2.22. The molecule has 2 aromatic rings. The van der Waals surface area contributed by atoms with Gasteiger partial charge in [0.1, 0.15) is 17.1 Å². The van der Waals surface area contributed by atoms with Crippen LogP contribution >= 0.6 is 0 Å². The standard InChI is InChI=1S/C20H23NO5/c1-12-14(3)26-15(4)19(12)20(24)25-11-18(23)21-17(13(2)22)10-16-8-6-5-7-9-16/h5-9,17H,10-11H2,1-4H3,(H,21,23)/t17-/m0/s1. The van der Waals surface area contributed by atoms with Crippen molar-refractivity contribution in [3.05, 3.63) is 58.5 Å². The largest absolute Gasteiger partial charge is 0.465 e. The maximum absolute atomic E-state index is 12.2. The highest BCUT2D eigenvalue weighted by Crippen LogP contribution is 2.21. The molecule has 1 N–H and O–H groups in total. The van der Waals surface area contributed by atoms with Gasteiger partial charge in [0.15, 0.2) is 12.4 Å². The molecule has 0 saturated carbocycles. The Labute approximate surface area is 152 Å². The van der Waals surface area contributed by atoms with Crippen LogP contribution in [0, 0.1) is 20.8 Å². The fourth-order valence-electron chi connectivity index (χ4n) is 2.68. The number of ether oxygens (including phenoxy) is 1. The normalized spacial score (nSPS) is 11.7. The third kappa shape index (κ3) is 4.81. The summed E-state index contributed by atoms with van der Waals surface area (Å²) in [6.45, 7) is 6.14. The molecule has 6 nitrogen and oxygen atoms in total. The number of amides is 1. The zero-order valence-electron chi connectivity index (χ0n) is 15.4. The number of carbonyl (C=O) groups excluding carboxylic acids is 3. The number of carbonyl (C=O) groups is 3. The number of hydrogen-bond donors (Lipinski definition) is 1. The van der Waals surface area contributed by atoms with E-state index in [0.29, 0.717) is 29.1 Å². The summed E-state index contributed by atoms with van der Waals surface area (Å²) in [6, 6.07) is 8.72. The molecule has 138 valence electrons. The van der Waals surface area contributed by atoms with Crippen molar-refractivity contribution in [2.45, 2.75) is 40.2 Å². The summed E-state index contributed by atoms with van der Waals surface area (Å²) in [5.74, 6) is -0.209. The van der Waals surface area contributed by atoms with Crippen molar-refractivity contribution in [3.8, 4) is 0 Å². The SMILES string of the molecule is CC(=O)[C@H](Cc1ccccc1)NC(=O)COC(=O)c1c(C)oc(C)c1C. The van der Waals surface area contributed by atoms with Gasteiger partial charge in [-0.1, -0.05) is 30.3 Å². The molecule has 0 unspecified atom stereocenters. The highest BCUT2D eigenvalue weighted by molar-refractivity contribution is 5.94. The number of aryl methyl sites for hydroxylation is 2. The molecule has 0 aliphatic heterocycles. The smallest absolute Gasteiger partial charge is 0.342 e. The van der Waals surface area contributed by atoms with E-state index in [1.54, 1.807) is 20.8 Å². The van der Waals surface area contributed by atoms with E-state index in [1.807, 2.05) is 30.3 Å². The van der Waals surface area contributed by atoms with Crippen LogP contribution in [0.5, 0.6) is 0 Å². The third-order valence-corrected chi connectivity index (χ3v) is 4.21. The monoisotopic (exact) mass is 357 g/mol. The van der Waals surface area contributed by atoms with Gasteiger partial charge in [0, 0.05) is 5.56 Å². The fourth-order valence-corrected chi connectivity index (χ4v) is 2.68. The van der Waals surface area contributed by atoms with E-state index in [9.17, 15) is 14.4 Å². The second kappa shape index (κ2) is 8.47. The zero-order valence-corrected chi connectivity index (χ0v) is 15.4. The van der Waals surface area contributed by atoms with Crippen molar-refractivity contribution in [1.29, 1.82) is 0 Å². The third-order valence-electron chi connectivity index (χ3n) is 4.21. The molecule has 0 fully saturated rings. The first-order chi connectivity index (χ1) is 12.3. The van der Waals surface area contributed by atoms with Crippen LogP contribution in [0.1, 0.15) is 39.9 Å². The summed E-state index contributed by atoms with van der Waals surface area (Å²) < 4.78 is 10.5. The van der Waals surface area contributed by atoms with Gasteiger partial charge in [-0.25, -0.2) is 4.79 Å². The molecule has 6 heteroatoms. The number of ketones is 1. The predicted molar refractivity (Wildman–Crippen MR) is 96.0 cm³/mol. The Morgan fingerprint density at radius 3 is 2.27 bits per heavy atom. The molecule has 0 spiro atoms. The lowest BCUT2D eigenvalue weighted by Gasteiger charge is -2.16. The first-order valence-electron chi connectivity index (χ1n) is 8.37. The minimum Gasteiger partial charge on any atom is -0.465 e. The van der Waals surface area contributed by atoms with Crippen molar-refractivity contribution in [1.82, 2.24) is 5.32 Å². The molecule has 1 amide bonds. The number of hydrogen-bond acceptors (Lipinski definition) is 5. The summed E-state index contributed by atoms with van der Waals surface area (Å²) in [7, 11) is 0. The number of furan rings is 1. The Kier molecular flexibility index (Phi) is 6.33. The van der Waals surface area contributed by atoms with Crippen LogP contribution in [0.3, 0.4) is 0 Å². The van der Waals surface area contributed by atoms with Gasteiger partial charge in [-0.05, 0) is 39.7 Å².